The molecule has 4 atom stereocenters. The molecule has 116 valence electrons. The molecule has 2 saturated carbocycles. The molecule has 3 rings (SSSR count). The van der Waals surface area contributed by atoms with Crippen LogP contribution in [0.15, 0.2) is 18.5 Å². The smallest absolute Gasteiger partial charge is 0.137 e. The van der Waals surface area contributed by atoms with Crippen LogP contribution in [-0.2, 0) is 0 Å². The Morgan fingerprint density at radius 2 is 2.19 bits per heavy atom. The Bertz CT molecular complexity index is 462. The normalized spacial score (nSPS) is 28.8. The van der Waals surface area contributed by atoms with E-state index in [0.29, 0.717) is 12.6 Å². The number of hydrogen-bond donors (Lipinski definition) is 1. The van der Waals surface area contributed by atoms with Crippen molar-refractivity contribution in [2.75, 3.05) is 13.2 Å². The third-order valence-corrected chi connectivity index (χ3v) is 5.24. The number of hydrogen-bond acceptors (Lipinski definition) is 3. The van der Waals surface area contributed by atoms with Gasteiger partial charge in [-0.15, -0.1) is 0 Å². The summed E-state index contributed by atoms with van der Waals surface area (Å²) in [4.78, 5) is 4.40. The minimum atomic E-state index is 0.452. The van der Waals surface area contributed by atoms with Gasteiger partial charge in [0.05, 0.1) is 12.8 Å². The minimum Gasteiger partial charge on any atom is -0.492 e. The fourth-order valence-corrected chi connectivity index (χ4v) is 4.37. The molecule has 2 bridgehead atoms. The van der Waals surface area contributed by atoms with Crippen molar-refractivity contribution in [1.82, 2.24) is 10.3 Å². The Kier molecular flexibility index (Phi) is 4.79. The van der Waals surface area contributed by atoms with Crippen molar-refractivity contribution >= 4 is 0 Å². The molecule has 2 aliphatic carbocycles. The van der Waals surface area contributed by atoms with Gasteiger partial charge in [-0.2, -0.15) is 0 Å². The van der Waals surface area contributed by atoms with Gasteiger partial charge in [-0.05, 0) is 68.5 Å². The average Bonchev–Trinajstić information content (AvgIpc) is 3.11. The number of aromatic nitrogens is 1. The van der Waals surface area contributed by atoms with E-state index in [1.54, 1.807) is 0 Å². The van der Waals surface area contributed by atoms with Crippen LogP contribution in [0, 0.1) is 17.8 Å². The first-order valence-corrected chi connectivity index (χ1v) is 8.63. The van der Waals surface area contributed by atoms with Gasteiger partial charge in [0, 0.05) is 12.2 Å². The summed E-state index contributed by atoms with van der Waals surface area (Å²) in [7, 11) is 0. The second kappa shape index (κ2) is 6.78. The largest absolute Gasteiger partial charge is 0.492 e. The standard InChI is InChI=1S/C18H28N2O/c1-3-7-20-18(17-9-13-5-6-14(17)8-13)15-10-16(21-4-2)12-19-11-15/h10-14,17-18,20H,3-9H2,1-2H3. The van der Waals surface area contributed by atoms with Crippen molar-refractivity contribution < 1.29 is 4.74 Å². The number of ether oxygens (including phenoxy) is 1. The van der Waals surface area contributed by atoms with Crippen LogP contribution in [0.2, 0.25) is 0 Å². The van der Waals surface area contributed by atoms with E-state index in [0.717, 1.165) is 30.0 Å². The van der Waals surface area contributed by atoms with Gasteiger partial charge in [0.2, 0.25) is 0 Å². The predicted molar refractivity (Wildman–Crippen MR) is 85.4 cm³/mol. The van der Waals surface area contributed by atoms with Crippen molar-refractivity contribution in [3.63, 3.8) is 0 Å². The summed E-state index contributed by atoms with van der Waals surface area (Å²) in [5.74, 6) is 3.59. The molecule has 3 nitrogen and oxygen atoms in total. The van der Waals surface area contributed by atoms with Crippen molar-refractivity contribution in [1.29, 1.82) is 0 Å². The van der Waals surface area contributed by atoms with Crippen LogP contribution in [-0.4, -0.2) is 18.1 Å². The molecule has 2 aliphatic rings. The fraction of sp³-hybridized carbons (Fsp3) is 0.722. The third kappa shape index (κ3) is 3.23. The molecular formula is C18H28N2O. The topological polar surface area (TPSA) is 34.2 Å². The van der Waals surface area contributed by atoms with Crippen molar-refractivity contribution in [3.8, 4) is 5.75 Å². The Morgan fingerprint density at radius 1 is 1.29 bits per heavy atom. The highest BCUT2D eigenvalue weighted by molar-refractivity contribution is 5.27. The van der Waals surface area contributed by atoms with Crippen LogP contribution >= 0.6 is 0 Å². The minimum absolute atomic E-state index is 0.452. The Morgan fingerprint density at radius 3 is 2.86 bits per heavy atom. The van der Waals surface area contributed by atoms with Gasteiger partial charge in [0.15, 0.2) is 0 Å². The monoisotopic (exact) mass is 288 g/mol. The Balaban J connectivity index is 1.79. The Hall–Kier alpha value is -1.09. The summed E-state index contributed by atoms with van der Waals surface area (Å²) in [6.07, 6.45) is 10.8. The molecule has 3 heteroatoms. The molecule has 1 aromatic heterocycles. The van der Waals surface area contributed by atoms with Crippen LogP contribution in [0.5, 0.6) is 5.75 Å². The van der Waals surface area contributed by atoms with E-state index < -0.39 is 0 Å². The summed E-state index contributed by atoms with van der Waals surface area (Å²) in [5.41, 5.74) is 1.31. The zero-order valence-electron chi connectivity index (χ0n) is 13.3. The highest BCUT2D eigenvalue weighted by Gasteiger charge is 2.43. The maximum absolute atomic E-state index is 5.64. The first kappa shape index (κ1) is 14.8. The zero-order chi connectivity index (χ0) is 14.7. The fourth-order valence-electron chi connectivity index (χ4n) is 4.37. The highest BCUT2D eigenvalue weighted by Crippen LogP contribution is 2.52. The maximum atomic E-state index is 5.64. The summed E-state index contributed by atoms with van der Waals surface area (Å²) >= 11 is 0. The second-order valence-corrected chi connectivity index (χ2v) is 6.66. The van der Waals surface area contributed by atoms with Crippen LogP contribution < -0.4 is 10.1 Å². The van der Waals surface area contributed by atoms with Gasteiger partial charge in [-0.25, -0.2) is 0 Å². The van der Waals surface area contributed by atoms with Gasteiger partial charge in [-0.3, -0.25) is 4.98 Å². The van der Waals surface area contributed by atoms with E-state index in [1.165, 1.54) is 37.7 Å². The van der Waals surface area contributed by atoms with E-state index in [4.69, 9.17) is 4.74 Å². The average molecular weight is 288 g/mol. The molecule has 21 heavy (non-hydrogen) atoms. The molecule has 0 aromatic carbocycles. The molecule has 0 amide bonds. The van der Waals surface area contributed by atoms with Crippen LogP contribution in [0.4, 0.5) is 0 Å². The molecule has 0 saturated heterocycles. The van der Waals surface area contributed by atoms with Crippen molar-refractivity contribution in [3.05, 3.63) is 24.0 Å². The lowest BCUT2D eigenvalue weighted by Crippen LogP contribution is -2.32. The molecule has 2 fully saturated rings. The molecule has 0 aliphatic heterocycles. The van der Waals surface area contributed by atoms with E-state index in [1.807, 2.05) is 19.3 Å². The lowest BCUT2D eigenvalue weighted by atomic mass is 9.80. The van der Waals surface area contributed by atoms with Gasteiger partial charge in [0.25, 0.3) is 0 Å². The maximum Gasteiger partial charge on any atom is 0.137 e. The van der Waals surface area contributed by atoms with E-state index in [9.17, 15) is 0 Å². The van der Waals surface area contributed by atoms with Gasteiger partial charge < -0.3 is 10.1 Å². The van der Waals surface area contributed by atoms with Crippen LogP contribution in [0.3, 0.4) is 0 Å². The number of fused-ring (bicyclic) bond motifs is 2. The third-order valence-electron chi connectivity index (χ3n) is 5.24. The van der Waals surface area contributed by atoms with Gasteiger partial charge >= 0.3 is 0 Å². The van der Waals surface area contributed by atoms with E-state index >= 15 is 0 Å². The van der Waals surface area contributed by atoms with Crippen LogP contribution in [0.25, 0.3) is 0 Å². The SMILES string of the molecule is CCCNC(c1cncc(OCC)c1)C1CC2CCC1C2. The van der Waals surface area contributed by atoms with Gasteiger partial charge in [0.1, 0.15) is 5.75 Å². The zero-order valence-corrected chi connectivity index (χ0v) is 13.3. The number of rotatable bonds is 7. The molecule has 1 heterocycles. The molecule has 0 spiro atoms. The molecule has 1 N–H and O–H groups in total. The molecular weight excluding hydrogens is 260 g/mol. The highest BCUT2D eigenvalue weighted by atomic mass is 16.5. The summed E-state index contributed by atoms with van der Waals surface area (Å²) in [5, 5.41) is 3.79. The first-order valence-electron chi connectivity index (χ1n) is 8.63. The number of nitrogens with zero attached hydrogens (tertiary/aromatic N) is 1. The lowest BCUT2D eigenvalue weighted by molar-refractivity contribution is 0.249. The summed E-state index contributed by atoms with van der Waals surface area (Å²) < 4.78 is 5.64. The molecule has 0 radical (unpaired) electrons. The molecule has 1 aromatic rings. The van der Waals surface area contributed by atoms with Crippen molar-refractivity contribution in [2.24, 2.45) is 17.8 Å². The van der Waals surface area contributed by atoms with E-state index in [2.05, 4.69) is 23.3 Å². The second-order valence-electron chi connectivity index (χ2n) is 6.66. The quantitative estimate of drug-likeness (QED) is 0.824. The van der Waals surface area contributed by atoms with Crippen molar-refractivity contribution in [2.45, 2.75) is 52.0 Å². The number of pyridine rings is 1. The lowest BCUT2D eigenvalue weighted by Gasteiger charge is -2.31. The summed E-state index contributed by atoms with van der Waals surface area (Å²) in [6.45, 7) is 6.04. The van der Waals surface area contributed by atoms with E-state index in [-0.39, 0.29) is 0 Å². The van der Waals surface area contributed by atoms with Gasteiger partial charge in [-0.1, -0.05) is 13.3 Å². The summed E-state index contributed by atoms with van der Waals surface area (Å²) in [6, 6.07) is 2.64. The first-order chi connectivity index (χ1) is 10.3. The predicted octanol–water partition coefficient (Wildman–Crippen LogP) is 3.96. The Labute approximate surface area is 128 Å². The molecule has 4 unspecified atom stereocenters. The number of nitrogens with one attached hydrogen (secondary N) is 1. The van der Waals surface area contributed by atoms with Crippen LogP contribution in [0.1, 0.15) is 57.6 Å².